The van der Waals surface area contributed by atoms with Crippen molar-refractivity contribution in [1.29, 1.82) is 0 Å². The van der Waals surface area contributed by atoms with Crippen LogP contribution in [0.25, 0.3) is 0 Å². The number of hydrogen-bond donors (Lipinski definition) is 0. The van der Waals surface area contributed by atoms with Gasteiger partial charge in [0, 0.05) is 13.1 Å². The summed E-state index contributed by atoms with van der Waals surface area (Å²) in [5.74, 6) is 0.787. The summed E-state index contributed by atoms with van der Waals surface area (Å²) in [5.41, 5.74) is 1.27. The average molecular weight is 194 g/mol. The Balaban J connectivity index is 1.69. The lowest BCUT2D eigenvalue weighted by Gasteiger charge is -2.20. The van der Waals surface area contributed by atoms with Crippen molar-refractivity contribution < 1.29 is 4.84 Å². The van der Waals surface area contributed by atoms with Gasteiger partial charge < -0.3 is 9.74 Å². The highest BCUT2D eigenvalue weighted by Crippen LogP contribution is 2.28. The second-order valence-electron chi connectivity index (χ2n) is 4.28. The monoisotopic (exact) mass is 194 g/mol. The highest BCUT2D eigenvalue weighted by Gasteiger charge is 2.21. The maximum absolute atomic E-state index is 5.21. The van der Waals surface area contributed by atoms with Crippen LogP contribution in [0.4, 0.5) is 0 Å². The van der Waals surface area contributed by atoms with E-state index in [2.05, 4.69) is 23.2 Å². The molecule has 0 unspecified atom stereocenters. The molecular weight excluding hydrogens is 176 g/mol. The van der Waals surface area contributed by atoms with Crippen molar-refractivity contribution in [1.82, 2.24) is 4.90 Å². The predicted molar refractivity (Wildman–Crippen MR) is 57.4 cm³/mol. The van der Waals surface area contributed by atoms with E-state index in [1.807, 2.05) is 6.21 Å². The van der Waals surface area contributed by atoms with Crippen LogP contribution < -0.4 is 0 Å². The molecule has 1 heterocycles. The molecule has 0 saturated heterocycles. The van der Waals surface area contributed by atoms with Crippen molar-refractivity contribution >= 4 is 6.21 Å². The summed E-state index contributed by atoms with van der Waals surface area (Å²) in [4.78, 5) is 7.50. The maximum Gasteiger partial charge on any atom is 0.120 e. The molecule has 1 fully saturated rings. The normalized spacial score (nSPS) is 23.9. The average Bonchev–Trinajstić information content (AvgIpc) is 2.96. The Bertz CT molecular complexity index is 244. The molecule has 1 saturated carbocycles. The van der Waals surface area contributed by atoms with Gasteiger partial charge in [-0.15, -0.1) is 0 Å². The predicted octanol–water partition coefficient (Wildman–Crippen LogP) is 1.66. The fourth-order valence-electron chi connectivity index (χ4n) is 1.56. The van der Waals surface area contributed by atoms with Gasteiger partial charge in [0.1, 0.15) is 6.61 Å². The van der Waals surface area contributed by atoms with Crippen LogP contribution in [0, 0.1) is 5.92 Å². The zero-order valence-corrected chi connectivity index (χ0v) is 8.78. The summed E-state index contributed by atoms with van der Waals surface area (Å²) in [6, 6.07) is 0. The lowest BCUT2D eigenvalue weighted by Crippen LogP contribution is -2.25. The first kappa shape index (κ1) is 9.71. The summed E-state index contributed by atoms with van der Waals surface area (Å²) in [7, 11) is 2.13. The molecule has 0 atom stereocenters. The second kappa shape index (κ2) is 4.60. The van der Waals surface area contributed by atoms with Crippen LogP contribution in [0.2, 0.25) is 0 Å². The Hall–Kier alpha value is -0.830. The van der Waals surface area contributed by atoms with E-state index in [1.54, 1.807) is 0 Å². The van der Waals surface area contributed by atoms with Crippen LogP contribution in [0.1, 0.15) is 19.3 Å². The molecule has 0 radical (unpaired) electrons. The van der Waals surface area contributed by atoms with Gasteiger partial charge >= 0.3 is 0 Å². The van der Waals surface area contributed by atoms with Gasteiger partial charge in [0.05, 0.1) is 6.21 Å². The zero-order valence-electron chi connectivity index (χ0n) is 8.78. The molecular formula is C11H18N2O. The quantitative estimate of drug-likeness (QED) is 0.502. The van der Waals surface area contributed by atoms with Crippen molar-refractivity contribution in [3.63, 3.8) is 0 Å². The summed E-state index contributed by atoms with van der Waals surface area (Å²) >= 11 is 0. The van der Waals surface area contributed by atoms with Crippen LogP contribution in [-0.4, -0.2) is 37.9 Å². The Labute approximate surface area is 85.4 Å². The first-order valence-electron chi connectivity index (χ1n) is 5.37. The number of rotatable bonds is 4. The molecule has 0 N–H and O–H groups in total. The minimum atomic E-state index is 0.787. The summed E-state index contributed by atoms with van der Waals surface area (Å²) < 4.78 is 0. The van der Waals surface area contributed by atoms with Gasteiger partial charge in [-0.1, -0.05) is 11.2 Å². The molecule has 0 bridgehead atoms. The van der Waals surface area contributed by atoms with Crippen molar-refractivity contribution in [3.05, 3.63) is 11.6 Å². The fraction of sp³-hybridized carbons (Fsp3) is 0.727. The molecule has 0 amide bonds. The molecule has 0 aromatic heterocycles. The minimum Gasteiger partial charge on any atom is -0.396 e. The number of oxime groups is 1. The van der Waals surface area contributed by atoms with E-state index in [1.165, 1.54) is 18.4 Å². The molecule has 3 heteroatoms. The smallest absolute Gasteiger partial charge is 0.120 e. The van der Waals surface area contributed by atoms with Crippen LogP contribution >= 0.6 is 0 Å². The van der Waals surface area contributed by atoms with Crippen molar-refractivity contribution in [2.75, 3.05) is 26.7 Å². The molecule has 3 nitrogen and oxygen atoms in total. The molecule has 78 valence electrons. The van der Waals surface area contributed by atoms with E-state index in [0.717, 1.165) is 32.0 Å². The van der Waals surface area contributed by atoms with E-state index in [4.69, 9.17) is 4.84 Å². The molecule has 14 heavy (non-hydrogen) atoms. The molecule has 1 aliphatic carbocycles. The van der Waals surface area contributed by atoms with E-state index >= 15 is 0 Å². The molecule has 0 spiro atoms. The topological polar surface area (TPSA) is 24.8 Å². The van der Waals surface area contributed by atoms with Crippen molar-refractivity contribution in [3.8, 4) is 0 Å². The van der Waals surface area contributed by atoms with Crippen LogP contribution in [0.5, 0.6) is 0 Å². The summed E-state index contributed by atoms with van der Waals surface area (Å²) in [5, 5.41) is 3.99. The fourth-order valence-corrected chi connectivity index (χ4v) is 1.56. The maximum atomic E-state index is 5.21. The highest BCUT2D eigenvalue weighted by atomic mass is 16.6. The zero-order chi connectivity index (χ0) is 9.80. The molecule has 0 aromatic carbocycles. The van der Waals surface area contributed by atoms with Gasteiger partial charge in [-0.25, -0.2) is 0 Å². The van der Waals surface area contributed by atoms with Gasteiger partial charge in [-0.2, -0.15) is 0 Å². The van der Waals surface area contributed by atoms with Crippen LogP contribution in [0.3, 0.4) is 0 Å². The highest BCUT2D eigenvalue weighted by molar-refractivity contribution is 5.78. The van der Waals surface area contributed by atoms with Crippen LogP contribution in [0.15, 0.2) is 16.8 Å². The third-order valence-corrected chi connectivity index (χ3v) is 2.67. The minimum absolute atomic E-state index is 0.787. The Morgan fingerprint density at radius 1 is 1.64 bits per heavy atom. The largest absolute Gasteiger partial charge is 0.396 e. The van der Waals surface area contributed by atoms with E-state index in [9.17, 15) is 0 Å². The Morgan fingerprint density at radius 2 is 2.50 bits per heavy atom. The molecule has 0 aromatic rings. The van der Waals surface area contributed by atoms with E-state index in [0.29, 0.717) is 0 Å². The lowest BCUT2D eigenvalue weighted by atomic mass is 10.1. The van der Waals surface area contributed by atoms with Crippen molar-refractivity contribution in [2.45, 2.75) is 19.3 Å². The number of likely N-dealkylation sites (N-methyl/N-ethyl adjacent to an activating group) is 1. The second-order valence-corrected chi connectivity index (χ2v) is 4.28. The van der Waals surface area contributed by atoms with E-state index in [-0.39, 0.29) is 0 Å². The molecule has 2 aliphatic rings. The molecule has 2 rings (SSSR count). The van der Waals surface area contributed by atoms with Gasteiger partial charge in [0.15, 0.2) is 0 Å². The van der Waals surface area contributed by atoms with Gasteiger partial charge in [0.2, 0.25) is 0 Å². The van der Waals surface area contributed by atoms with Crippen LogP contribution in [-0.2, 0) is 4.84 Å². The SMILES string of the molecule is CN1CCC=C(C=NOCC2CC2)C1. The van der Waals surface area contributed by atoms with E-state index < -0.39 is 0 Å². The summed E-state index contributed by atoms with van der Waals surface area (Å²) in [6.45, 7) is 2.95. The first-order valence-corrected chi connectivity index (χ1v) is 5.37. The van der Waals surface area contributed by atoms with Gasteiger partial charge in [-0.05, 0) is 37.8 Å². The third-order valence-electron chi connectivity index (χ3n) is 2.67. The molecule has 1 aliphatic heterocycles. The Morgan fingerprint density at radius 3 is 3.21 bits per heavy atom. The number of hydrogen-bond acceptors (Lipinski definition) is 3. The lowest BCUT2D eigenvalue weighted by molar-refractivity contribution is 0.135. The summed E-state index contributed by atoms with van der Waals surface area (Å²) in [6.07, 6.45) is 7.87. The Kier molecular flexibility index (Phi) is 3.19. The standard InChI is InChI=1S/C11H18N2O/c1-13-6-2-3-11(8-13)7-12-14-9-10-4-5-10/h3,7,10H,2,4-6,8-9H2,1H3. The van der Waals surface area contributed by atoms with Gasteiger partial charge in [-0.3, -0.25) is 0 Å². The number of nitrogens with zero attached hydrogens (tertiary/aromatic N) is 2. The van der Waals surface area contributed by atoms with Gasteiger partial charge in [0.25, 0.3) is 0 Å². The first-order chi connectivity index (χ1) is 6.84. The third kappa shape index (κ3) is 3.14. The van der Waals surface area contributed by atoms with Crippen molar-refractivity contribution in [2.24, 2.45) is 11.1 Å².